The van der Waals surface area contributed by atoms with E-state index in [4.69, 9.17) is 0 Å². The van der Waals surface area contributed by atoms with Crippen LogP contribution in [-0.2, 0) is 16.6 Å². The summed E-state index contributed by atoms with van der Waals surface area (Å²) in [6.07, 6.45) is 1.46. The fourth-order valence-corrected chi connectivity index (χ4v) is 3.18. The Labute approximate surface area is 118 Å². The highest BCUT2D eigenvalue weighted by molar-refractivity contribution is 9.10. The van der Waals surface area contributed by atoms with Gasteiger partial charge >= 0.3 is 0 Å². The Morgan fingerprint density at radius 1 is 1.53 bits per heavy atom. The summed E-state index contributed by atoms with van der Waals surface area (Å²) >= 11 is 3.20. The van der Waals surface area contributed by atoms with Gasteiger partial charge in [0.2, 0.25) is 5.03 Å². The van der Waals surface area contributed by atoms with E-state index in [1.54, 1.807) is 19.1 Å². The van der Waals surface area contributed by atoms with Crippen LogP contribution in [0.5, 0.6) is 0 Å². The van der Waals surface area contributed by atoms with E-state index in [2.05, 4.69) is 35.8 Å². The van der Waals surface area contributed by atoms with E-state index < -0.39 is 16.6 Å². The number of halogens is 1. The third-order valence-corrected chi connectivity index (χ3v) is 4.39. The number of aromatic amines is 1. The molecule has 0 bridgehead atoms. The number of aliphatic hydroxyl groups is 1. The van der Waals surface area contributed by atoms with Crippen molar-refractivity contribution in [1.29, 1.82) is 0 Å². The third-order valence-electron chi connectivity index (χ3n) is 2.44. The van der Waals surface area contributed by atoms with Crippen LogP contribution in [-0.4, -0.2) is 28.7 Å². The van der Waals surface area contributed by atoms with Gasteiger partial charge in [0.05, 0.1) is 11.1 Å². The Morgan fingerprint density at radius 3 is 2.89 bits per heavy atom. The molecule has 0 aliphatic rings. The Balaban J connectivity index is 2.41. The number of nitrogens with zero attached hydrogens (tertiary/aromatic N) is 2. The second-order valence-corrected chi connectivity index (χ2v) is 6.18. The summed E-state index contributed by atoms with van der Waals surface area (Å²) in [5.74, 6) is 0.159. The number of aliphatic hydroxyl groups excluding tert-OH is 1. The molecule has 0 atom stereocenters. The van der Waals surface area contributed by atoms with E-state index in [-0.39, 0.29) is 16.4 Å². The standard InChI is InChI=1S/C10H11BrN4O3S/c1-6-7(5-16)10(14-13-6)19(17,18)15-9-8(11)3-2-4-12-9/h2-4,16H,5H2,1H3,(H,12,15)(H,13,14). The summed E-state index contributed by atoms with van der Waals surface area (Å²) in [5, 5.41) is 15.2. The monoisotopic (exact) mass is 346 g/mol. The van der Waals surface area contributed by atoms with Crippen molar-refractivity contribution in [2.45, 2.75) is 18.6 Å². The Morgan fingerprint density at radius 2 is 2.26 bits per heavy atom. The van der Waals surface area contributed by atoms with Crippen molar-refractivity contribution in [3.8, 4) is 0 Å². The van der Waals surface area contributed by atoms with Crippen molar-refractivity contribution in [2.75, 3.05) is 4.72 Å². The quantitative estimate of drug-likeness (QED) is 0.769. The van der Waals surface area contributed by atoms with Gasteiger partial charge in [-0.15, -0.1) is 0 Å². The lowest BCUT2D eigenvalue weighted by Gasteiger charge is -2.07. The molecule has 0 aliphatic heterocycles. The molecular weight excluding hydrogens is 336 g/mol. The predicted octanol–water partition coefficient (Wildman–Crippen LogP) is 1.17. The number of hydrogen-bond donors (Lipinski definition) is 3. The molecule has 19 heavy (non-hydrogen) atoms. The molecule has 0 aliphatic carbocycles. The minimum atomic E-state index is -3.90. The van der Waals surface area contributed by atoms with Gasteiger partial charge in [-0.05, 0) is 35.0 Å². The lowest BCUT2D eigenvalue weighted by Crippen LogP contribution is -2.16. The predicted molar refractivity (Wildman–Crippen MR) is 72.0 cm³/mol. The number of rotatable bonds is 4. The van der Waals surface area contributed by atoms with Crippen LogP contribution in [0, 0.1) is 6.92 Å². The van der Waals surface area contributed by atoms with Gasteiger partial charge in [0.15, 0.2) is 5.82 Å². The van der Waals surface area contributed by atoms with Gasteiger partial charge in [-0.2, -0.15) is 13.5 Å². The lowest BCUT2D eigenvalue weighted by molar-refractivity contribution is 0.277. The summed E-state index contributed by atoms with van der Waals surface area (Å²) in [4.78, 5) is 3.91. The molecule has 3 N–H and O–H groups in total. The zero-order valence-corrected chi connectivity index (χ0v) is 12.3. The molecule has 7 nitrogen and oxygen atoms in total. The number of aryl methyl sites for hydroxylation is 1. The minimum Gasteiger partial charge on any atom is -0.392 e. The first-order chi connectivity index (χ1) is 8.95. The second kappa shape index (κ2) is 5.27. The van der Waals surface area contributed by atoms with Gasteiger partial charge in [-0.25, -0.2) is 4.98 Å². The number of pyridine rings is 1. The van der Waals surface area contributed by atoms with Gasteiger partial charge in [0, 0.05) is 17.5 Å². The molecule has 2 aromatic heterocycles. The maximum absolute atomic E-state index is 12.2. The van der Waals surface area contributed by atoms with E-state index in [1.807, 2.05) is 0 Å². The van der Waals surface area contributed by atoms with Gasteiger partial charge < -0.3 is 5.11 Å². The number of sulfonamides is 1. The summed E-state index contributed by atoms with van der Waals surface area (Å²) in [6, 6.07) is 3.33. The maximum Gasteiger partial charge on any atom is 0.282 e. The van der Waals surface area contributed by atoms with E-state index in [0.29, 0.717) is 10.2 Å². The largest absolute Gasteiger partial charge is 0.392 e. The molecule has 0 saturated carbocycles. The Kier molecular flexibility index (Phi) is 3.88. The average Bonchev–Trinajstić information content (AvgIpc) is 2.74. The van der Waals surface area contributed by atoms with Crippen LogP contribution in [0.15, 0.2) is 27.8 Å². The molecule has 2 rings (SSSR count). The molecular formula is C10H11BrN4O3S. The fraction of sp³-hybridized carbons (Fsp3) is 0.200. The molecule has 9 heteroatoms. The van der Waals surface area contributed by atoms with Crippen molar-refractivity contribution in [1.82, 2.24) is 15.2 Å². The third kappa shape index (κ3) is 2.77. The minimum absolute atomic E-state index is 0.159. The van der Waals surface area contributed by atoms with E-state index in [9.17, 15) is 13.5 Å². The molecule has 2 heterocycles. The van der Waals surface area contributed by atoms with Crippen molar-refractivity contribution in [3.05, 3.63) is 34.1 Å². The summed E-state index contributed by atoms with van der Waals surface area (Å²) in [7, 11) is -3.90. The number of anilines is 1. The van der Waals surface area contributed by atoms with Crippen molar-refractivity contribution in [3.63, 3.8) is 0 Å². The second-order valence-electron chi connectivity index (χ2n) is 3.73. The zero-order valence-electron chi connectivity index (χ0n) is 9.88. The molecule has 0 amide bonds. The average molecular weight is 347 g/mol. The van der Waals surface area contributed by atoms with Gasteiger partial charge in [-0.1, -0.05) is 0 Å². The molecule has 0 aromatic carbocycles. The van der Waals surface area contributed by atoms with Crippen LogP contribution in [0.2, 0.25) is 0 Å². The molecule has 0 saturated heterocycles. The highest BCUT2D eigenvalue weighted by Gasteiger charge is 2.24. The maximum atomic E-state index is 12.2. The van der Waals surface area contributed by atoms with Crippen molar-refractivity contribution < 1.29 is 13.5 Å². The van der Waals surface area contributed by atoms with Crippen LogP contribution >= 0.6 is 15.9 Å². The van der Waals surface area contributed by atoms with Crippen molar-refractivity contribution in [2.24, 2.45) is 0 Å². The zero-order chi connectivity index (χ0) is 14.0. The lowest BCUT2D eigenvalue weighted by atomic mass is 10.3. The molecule has 2 aromatic rings. The number of H-pyrrole nitrogens is 1. The molecule has 0 fully saturated rings. The van der Waals surface area contributed by atoms with Gasteiger partial charge in [0.1, 0.15) is 0 Å². The first-order valence-corrected chi connectivity index (χ1v) is 7.51. The van der Waals surface area contributed by atoms with Crippen molar-refractivity contribution >= 4 is 31.8 Å². The first kappa shape index (κ1) is 14.0. The van der Waals surface area contributed by atoms with Crippen LogP contribution in [0.4, 0.5) is 5.82 Å². The normalized spacial score (nSPS) is 11.5. The Hall–Kier alpha value is -1.45. The number of hydrogen-bond acceptors (Lipinski definition) is 5. The SMILES string of the molecule is Cc1[nH]nc(S(=O)(=O)Nc2ncccc2Br)c1CO. The van der Waals surface area contributed by atoms with E-state index in [0.717, 1.165) is 0 Å². The molecule has 102 valence electrons. The van der Waals surface area contributed by atoms with Gasteiger partial charge in [-0.3, -0.25) is 9.82 Å². The first-order valence-electron chi connectivity index (χ1n) is 5.23. The number of nitrogens with one attached hydrogen (secondary N) is 2. The molecule has 0 spiro atoms. The van der Waals surface area contributed by atoms with Crippen LogP contribution in [0.3, 0.4) is 0 Å². The summed E-state index contributed by atoms with van der Waals surface area (Å²) in [5.41, 5.74) is 0.738. The number of aromatic nitrogens is 3. The summed E-state index contributed by atoms with van der Waals surface area (Å²) < 4.78 is 27.2. The van der Waals surface area contributed by atoms with Crippen LogP contribution in [0.1, 0.15) is 11.3 Å². The highest BCUT2D eigenvalue weighted by Crippen LogP contribution is 2.23. The smallest absolute Gasteiger partial charge is 0.282 e. The molecule has 0 radical (unpaired) electrons. The van der Waals surface area contributed by atoms with Crippen LogP contribution < -0.4 is 4.72 Å². The fourth-order valence-electron chi connectivity index (χ4n) is 1.47. The van der Waals surface area contributed by atoms with E-state index >= 15 is 0 Å². The highest BCUT2D eigenvalue weighted by atomic mass is 79.9. The molecule has 0 unspecified atom stereocenters. The van der Waals surface area contributed by atoms with E-state index in [1.165, 1.54) is 6.20 Å². The van der Waals surface area contributed by atoms with Gasteiger partial charge in [0.25, 0.3) is 10.0 Å². The Bertz CT molecular complexity index is 699. The summed E-state index contributed by atoms with van der Waals surface area (Å²) in [6.45, 7) is 1.22. The topological polar surface area (TPSA) is 108 Å². The van der Waals surface area contributed by atoms with Crippen LogP contribution in [0.25, 0.3) is 0 Å².